The Bertz CT molecular complexity index is 84.2. The first-order chi connectivity index (χ1) is 4.34. The van der Waals surface area contributed by atoms with Crippen LogP contribution < -0.4 is 18.9 Å². The largest absolute Gasteiger partial charge is 1.00 e. The van der Waals surface area contributed by atoms with Crippen LogP contribution in [0.5, 0.6) is 0 Å². The van der Waals surface area contributed by atoms with Gasteiger partial charge in [-0.2, -0.15) is 0 Å². The molecular weight excluding hydrogens is 119 g/mol. The molecule has 0 aliphatic carbocycles. The minimum absolute atomic E-state index is 0. The van der Waals surface area contributed by atoms with Crippen LogP contribution in [0, 0.1) is 11.8 Å². The normalized spacial score (nSPS) is 27.6. The van der Waals surface area contributed by atoms with E-state index in [0.717, 1.165) is 25.0 Å². The molecule has 0 aromatic rings. The molecule has 0 amide bonds. The van der Waals surface area contributed by atoms with Gasteiger partial charge >= 0.3 is 18.9 Å². The molecule has 10 heavy (non-hydrogen) atoms. The Balaban J connectivity index is 0. The Kier molecular flexibility index (Phi) is 5.53. The topological polar surface area (TPSA) is 9.23 Å². The average Bonchev–Trinajstić information content (AvgIpc) is 2.37. The van der Waals surface area contributed by atoms with Crippen molar-refractivity contribution in [2.75, 3.05) is 13.2 Å². The summed E-state index contributed by atoms with van der Waals surface area (Å²) in [7, 11) is 0. The molecule has 1 aliphatic heterocycles. The third kappa shape index (κ3) is 2.66. The van der Waals surface area contributed by atoms with Crippen LogP contribution in [0.1, 0.15) is 28.1 Å². The van der Waals surface area contributed by atoms with Gasteiger partial charge in [0.25, 0.3) is 0 Å². The molecule has 1 nitrogen and oxygen atoms in total. The number of hydrogen-bond donors (Lipinski definition) is 0. The van der Waals surface area contributed by atoms with Gasteiger partial charge in [0.15, 0.2) is 0 Å². The number of rotatable bonds is 2. The quantitative estimate of drug-likeness (QED) is 0.451. The van der Waals surface area contributed by atoms with Crippen LogP contribution in [0.3, 0.4) is 0 Å². The molecule has 1 fully saturated rings. The maximum Gasteiger partial charge on any atom is 1.00 e. The molecule has 0 N–H and O–H groups in total. The van der Waals surface area contributed by atoms with Crippen LogP contribution in [0.4, 0.5) is 0 Å². The van der Waals surface area contributed by atoms with E-state index in [2.05, 4.69) is 13.8 Å². The molecule has 1 aliphatic rings. The van der Waals surface area contributed by atoms with Crippen molar-refractivity contribution < 1.29 is 25.0 Å². The summed E-state index contributed by atoms with van der Waals surface area (Å²) in [5.74, 6) is 1.72. The average molecular weight is 136 g/mol. The van der Waals surface area contributed by atoms with Crippen molar-refractivity contribution in [1.82, 2.24) is 0 Å². The fourth-order valence-corrected chi connectivity index (χ4v) is 1.33. The van der Waals surface area contributed by atoms with Gasteiger partial charge in [-0.3, -0.25) is 0 Å². The zero-order valence-electron chi connectivity index (χ0n) is 8.39. The summed E-state index contributed by atoms with van der Waals surface area (Å²) in [4.78, 5) is 0. The van der Waals surface area contributed by atoms with Crippen molar-refractivity contribution in [2.24, 2.45) is 11.8 Å². The van der Waals surface area contributed by atoms with E-state index >= 15 is 0 Å². The van der Waals surface area contributed by atoms with Crippen molar-refractivity contribution >= 4 is 0 Å². The molecule has 2 unspecified atom stereocenters. The first-order valence-corrected chi connectivity index (χ1v) is 3.92. The summed E-state index contributed by atoms with van der Waals surface area (Å²) in [5.41, 5.74) is 0. The van der Waals surface area contributed by atoms with E-state index in [0.29, 0.717) is 0 Å². The second kappa shape index (κ2) is 5.24. The summed E-state index contributed by atoms with van der Waals surface area (Å²) in [6.45, 7) is 6.58. The second-order valence-corrected chi connectivity index (χ2v) is 3.01. The predicted molar refractivity (Wildman–Crippen MR) is 39.5 cm³/mol. The zero-order valence-corrected chi connectivity index (χ0v) is 7.39. The van der Waals surface area contributed by atoms with Gasteiger partial charge in [0.2, 0.25) is 0 Å². The summed E-state index contributed by atoms with van der Waals surface area (Å²) in [6.07, 6.45) is 2.59. The van der Waals surface area contributed by atoms with E-state index in [1.807, 2.05) is 0 Å². The van der Waals surface area contributed by atoms with E-state index in [9.17, 15) is 0 Å². The van der Waals surface area contributed by atoms with Crippen LogP contribution in [-0.2, 0) is 4.74 Å². The number of hydrogen-bond acceptors (Lipinski definition) is 1. The fraction of sp³-hybridized carbons (Fsp3) is 1.00. The molecule has 56 valence electrons. The molecule has 0 aromatic heterocycles. The Morgan fingerprint density at radius 1 is 1.70 bits per heavy atom. The van der Waals surface area contributed by atoms with E-state index in [4.69, 9.17) is 4.74 Å². The first kappa shape index (κ1) is 10.6. The standard InChI is InChI=1S/C8H16O.Li.H/c1-3-7(2)8-4-5-9-6-8;;/h7-8H,3-6H2,1-2H3;;/q;+1;-1. The Morgan fingerprint density at radius 3 is 2.80 bits per heavy atom. The van der Waals surface area contributed by atoms with Crippen molar-refractivity contribution in [3.05, 3.63) is 0 Å². The molecular formula is C8H17LiO. The first-order valence-electron chi connectivity index (χ1n) is 3.92. The molecule has 2 atom stereocenters. The monoisotopic (exact) mass is 136 g/mol. The van der Waals surface area contributed by atoms with Crippen molar-refractivity contribution in [1.29, 1.82) is 0 Å². The van der Waals surface area contributed by atoms with Crippen LogP contribution in [0.2, 0.25) is 0 Å². The Labute approximate surface area is 77.2 Å². The maximum absolute atomic E-state index is 5.28. The van der Waals surface area contributed by atoms with Crippen molar-refractivity contribution in [3.63, 3.8) is 0 Å². The van der Waals surface area contributed by atoms with Gasteiger partial charge in [0, 0.05) is 13.2 Å². The third-order valence-electron chi connectivity index (χ3n) is 2.41. The van der Waals surface area contributed by atoms with Gasteiger partial charge in [0.1, 0.15) is 0 Å². The Morgan fingerprint density at radius 2 is 2.40 bits per heavy atom. The minimum Gasteiger partial charge on any atom is -1.00 e. The minimum atomic E-state index is 0. The molecule has 1 heterocycles. The molecule has 0 aromatic carbocycles. The van der Waals surface area contributed by atoms with Crippen LogP contribution >= 0.6 is 0 Å². The predicted octanol–water partition coefficient (Wildman–Crippen LogP) is -0.814. The molecule has 1 rings (SSSR count). The van der Waals surface area contributed by atoms with Gasteiger partial charge in [-0.25, -0.2) is 0 Å². The van der Waals surface area contributed by atoms with E-state index in [1.165, 1.54) is 12.8 Å². The summed E-state index contributed by atoms with van der Waals surface area (Å²) in [5, 5.41) is 0. The molecule has 0 spiro atoms. The molecule has 1 saturated heterocycles. The third-order valence-corrected chi connectivity index (χ3v) is 2.41. The van der Waals surface area contributed by atoms with Gasteiger partial charge in [0.05, 0.1) is 0 Å². The van der Waals surface area contributed by atoms with Crippen molar-refractivity contribution in [3.8, 4) is 0 Å². The summed E-state index contributed by atoms with van der Waals surface area (Å²) in [6, 6.07) is 0. The molecule has 0 radical (unpaired) electrons. The Hall–Kier alpha value is 0.557. The van der Waals surface area contributed by atoms with E-state index in [1.54, 1.807) is 0 Å². The van der Waals surface area contributed by atoms with Crippen LogP contribution in [-0.4, -0.2) is 13.2 Å². The van der Waals surface area contributed by atoms with Crippen LogP contribution in [0.15, 0.2) is 0 Å². The SMILES string of the molecule is CCC(C)C1CCOC1.[H-].[Li+]. The number of ether oxygens (including phenoxy) is 1. The van der Waals surface area contributed by atoms with E-state index in [-0.39, 0.29) is 20.3 Å². The molecule has 2 heteroatoms. The van der Waals surface area contributed by atoms with Gasteiger partial charge in [-0.15, -0.1) is 0 Å². The van der Waals surface area contributed by atoms with Crippen molar-refractivity contribution in [2.45, 2.75) is 26.7 Å². The molecule has 0 bridgehead atoms. The van der Waals surface area contributed by atoms with Crippen LogP contribution in [0.25, 0.3) is 0 Å². The second-order valence-electron chi connectivity index (χ2n) is 3.01. The summed E-state index contributed by atoms with van der Waals surface area (Å²) < 4.78 is 5.28. The van der Waals surface area contributed by atoms with Gasteiger partial charge in [-0.1, -0.05) is 20.3 Å². The van der Waals surface area contributed by atoms with E-state index < -0.39 is 0 Å². The van der Waals surface area contributed by atoms with Gasteiger partial charge < -0.3 is 6.16 Å². The maximum atomic E-state index is 5.28. The smallest absolute Gasteiger partial charge is 1.00 e. The summed E-state index contributed by atoms with van der Waals surface area (Å²) >= 11 is 0. The van der Waals surface area contributed by atoms with Gasteiger partial charge in [-0.05, 0) is 18.3 Å². The fourth-order valence-electron chi connectivity index (χ4n) is 1.33. The molecule has 0 saturated carbocycles. The zero-order chi connectivity index (χ0) is 6.69.